The van der Waals surface area contributed by atoms with Crippen LogP contribution in [0.2, 0.25) is 0 Å². The number of pyridine rings is 1. The van der Waals surface area contributed by atoms with E-state index in [0.29, 0.717) is 22.5 Å². The summed E-state index contributed by atoms with van der Waals surface area (Å²) in [6, 6.07) is 8.24. The van der Waals surface area contributed by atoms with Gasteiger partial charge in [-0.3, -0.25) is 5.10 Å². The number of aromatic amines is 1. The van der Waals surface area contributed by atoms with Crippen LogP contribution in [0, 0.1) is 18.6 Å². The van der Waals surface area contributed by atoms with E-state index >= 15 is 0 Å². The fraction of sp³-hybridized carbons (Fsp3) is 0.167. The molecule has 0 amide bonds. The molecule has 7 nitrogen and oxygen atoms in total. The molecule has 1 atom stereocenters. The molecule has 27 heavy (non-hydrogen) atoms. The average molecular weight is 370 g/mol. The molecule has 0 aliphatic heterocycles. The largest absolute Gasteiger partial charge is 0.394 e. The molecule has 0 spiro atoms. The number of benzene rings is 1. The first-order valence-electron chi connectivity index (χ1n) is 8.23. The van der Waals surface area contributed by atoms with Crippen LogP contribution in [0.25, 0.3) is 11.2 Å². The first-order valence-corrected chi connectivity index (χ1v) is 8.23. The number of fused-ring (bicyclic) bond motifs is 1. The lowest BCUT2D eigenvalue weighted by Crippen LogP contribution is -2.14. The lowest BCUT2D eigenvalue weighted by atomic mass is 10.1. The van der Waals surface area contributed by atoms with Gasteiger partial charge in [0.15, 0.2) is 23.1 Å². The predicted molar refractivity (Wildman–Crippen MR) is 95.7 cm³/mol. The average Bonchev–Trinajstić information content (AvgIpc) is 3.24. The zero-order valence-electron chi connectivity index (χ0n) is 14.3. The van der Waals surface area contributed by atoms with Crippen LogP contribution in [-0.2, 0) is 0 Å². The first kappa shape index (κ1) is 17.1. The monoisotopic (exact) mass is 370 g/mol. The van der Waals surface area contributed by atoms with E-state index in [9.17, 15) is 13.9 Å². The molecule has 0 aliphatic carbocycles. The smallest absolute Gasteiger partial charge is 0.170 e. The molecular weight excluding hydrogens is 354 g/mol. The molecule has 9 heteroatoms. The molecule has 3 aromatic heterocycles. The standard InChI is InChI=1S/C18H16F2N6O/c1-10-6-16(25-24-10)22-17-13(20)7-14-18(23-17)26(9-21-14)15(8-27)11-2-4-12(19)5-3-11/h2-7,9,15,27H,8H2,1H3,(H2,22,23,24,25). The van der Waals surface area contributed by atoms with E-state index in [1.165, 1.54) is 24.5 Å². The van der Waals surface area contributed by atoms with E-state index in [0.717, 1.165) is 5.69 Å². The minimum absolute atomic E-state index is 0.00783. The number of anilines is 2. The summed E-state index contributed by atoms with van der Waals surface area (Å²) in [5, 5.41) is 19.5. The number of rotatable bonds is 5. The number of H-pyrrole nitrogens is 1. The number of hydrogen-bond donors (Lipinski definition) is 3. The van der Waals surface area contributed by atoms with Crippen molar-refractivity contribution < 1.29 is 13.9 Å². The van der Waals surface area contributed by atoms with Gasteiger partial charge in [-0.15, -0.1) is 0 Å². The van der Waals surface area contributed by atoms with Gasteiger partial charge >= 0.3 is 0 Å². The molecule has 3 heterocycles. The van der Waals surface area contributed by atoms with E-state index < -0.39 is 11.9 Å². The van der Waals surface area contributed by atoms with Gasteiger partial charge in [-0.25, -0.2) is 18.7 Å². The van der Waals surface area contributed by atoms with Crippen molar-refractivity contribution in [1.82, 2.24) is 24.7 Å². The molecule has 3 N–H and O–H groups in total. The van der Waals surface area contributed by atoms with Gasteiger partial charge in [0.25, 0.3) is 0 Å². The van der Waals surface area contributed by atoms with Gasteiger partial charge in [0.1, 0.15) is 11.3 Å². The van der Waals surface area contributed by atoms with Crippen molar-refractivity contribution in [2.24, 2.45) is 0 Å². The molecule has 4 aromatic rings. The van der Waals surface area contributed by atoms with Crippen LogP contribution >= 0.6 is 0 Å². The van der Waals surface area contributed by atoms with Crippen molar-refractivity contribution in [2.45, 2.75) is 13.0 Å². The number of nitrogens with one attached hydrogen (secondary N) is 2. The van der Waals surface area contributed by atoms with Gasteiger partial charge < -0.3 is 15.0 Å². The molecule has 0 saturated heterocycles. The molecule has 0 radical (unpaired) electrons. The maximum absolute atomic E-state index is 14.4. The number of aliphatic hydroxyl groups is 1. The van der Waals surface area contributed by atoms with Crippen molar-refractivity contribution in [2.75, 3.05) is 11.9 Å². The second kappa shape index (κ2) is 6.76. The van der Waals surface area contributed by atoms with Crippen LogP contribution in [0.5, 0.6) is 0 Å². The topological polar surface area (TPSA) is 91.7 Å². The van der Waals surface area contributed by atoms with Gasteiger partial charge in [0.2, 0.25) is 0 Å². The minimum atomic E-state index is -0.573. The SMILES string of the molecule is Cc1cc(Nc2nc3c(cc2F)ncn3C(CO)c2ccc(F)cc2)n[nH]1. The number of halogens is 2. The van der Waals surface area contributed by atoms with E-state index in [1.54, 1.807) is 22.8 Å². The van der Waals surface area contributed by atoms with Crippen LogP contribution in [0.3, 0.4) is 0 Å². The summed E-state index contributed by atoms with van der Waals surface area (Å²) in [6.07, 6.45) is 1.48. The van der Waals surface area contributed by atoms with Gasteiger partial charge in [-0.1, -0.05) is 12.1 Å². The van der Waals surface area contributed by atoms with E-state index in [1.807, 2.05) is 6.92 Å². The Morgan fingerprint density at radius 1 is 1.22 bits per heavy atom. The molecular formula is C18H16F2N6O. The third kappa shape index (κ3) is 3.24. The Morgan fingerprint density at radius 2 is 2.00 bits per heavy atom. The van der Waals surface area contributed by atoms with E-state index in [-0.39, 0.29) is 18.2 Å². The fourth-order valence-electron chi connectivity index (χ4n) is 2.89. The molecule has 0 bridgehead atoms. The Balaban J connectivity index is 1.76. The number of aliphatic hydroxyl groups excluding tert-OH is 1. The van der Waals surface area contributed by atoms with Crippen molar-refractivity contribution in [3.05, 3.63) is 65.6 Å². The number of aryl methyl sites for hydroxylation is 1. The Labute approximate surface area is 152 Å². The number of nitrogens with zero attached hydrogens (tertiary/aromatic N) is 4. The Hall–Kier alpha value is -3.33. The lowest BCUT2D eigenvalue weighted by Gasteiger charge is -2.17. The van der Waals surface area contributed by atoms with E-state index in [4.69, 9.17) is 0 Å². The molecule has 0 fully saturated rings. The Morgan fingerprint density at radius 3 is 2.67 bits per heavy atom. The Kier molecular flexibility index (Phi) is 4.28. The lowest BCUT2D eigenvalue weighted by molar-refractivity contribution is 0.251. The van der Waals surface area contributed by atoms with Gasteiger partial charge in [0.05, 0.1) is 19.0 Å². The highest BCUT2D eigenvalue weighted by Crippen LogP contribution is 2.26. The first-order chi connectivity index (χ1) is 13.0. The van der Waals surface area contributed by atoms with Crippen molar-refractivity contribution in [3.8, 4) is 0 Å². The van der Waals surface area contributed by atoms with Crippen LogP contribution in [-0.4, -0.2) is 36.4 Å². The fourth-order valence-corrected chi connectivity index (χ4v) is 2.89. The van der Waals surface area contributed by atoms with Crippen molar-refractivity contribution in [3.63, 3.8) is 0 Å². The third-order valence-electron chi connectivity index (χ3n) is 4.22. The summed E-state index contributed by atoms with van der Waals surface area (Å²) in [7, 11) is 0. The Bertz CT molecular complexity index is 1090. The van der Waals surface area contributed by atoms with Crippen LogP contribution < -0.4 is 5.32 Å². The third-order valence-corrected chi connectivity index (χ3v) is 4.22. The predicted octanol–water partition coefficient (Wildman–Crippen LogP) is 3.07. The maximum atomic E-state index is 14.4. The van der Waals surface area contributed by atoms with Crippen LogP contribution in [0.1, 0.15) is 17.3 Å². The molecule has 0 saturated carbocycles. The molecule has 0 aliphatic rings. The molecule has 1 aromatic carbocycles. The molecule has 1 unspecified atom stereocenters. The summed E-state index contributed by atoms with van der Waals surface area (Å²) < 4.78 is 29.2. The summed E-state index contributed by atoms with van der Waals surface area (Å²) in [6.45, 7) is 1.58. The number of imidazole rings is 1. The number of hydrogen-bond acceptors (Lipinski definition) is 5. The van der Waals surface area contributed by atoms with Crippen molar-refractivity contribution >= 4 is 22.8 Å². The normalized spacial score (nSPS) is 12.4. The number of aromatic nitrogens is 5. The van der Waals surface area contributed by atoms with Crippen molar-refractivity contribution in [1.29, 1.82) is 0 Å². The van der Waals surface area contributed by atoms with Gasteiger partial charge in [-0.2, -0.15) is 5.10 Å². The van der Waals surface area contributed by atoms with Crippen LogP contribution in [0.15, 0.2) is 42.7 Å². The summed E-state index contributed by atoms with van der Waals surface area (Å²) in [5.74, 6) is -0.518. The zero-order chi connectivity index (χ0) is 19.0. The summed E-state index contributed by atoms with van der Waals surface area (Å²) in [5.41, 5.74) is 2.23. The highest BCUT2D eigenvalue weighted by Gasteiger charge is 2.19. The van der Waals surface area contributed by atoms with Gasteiger partial charge in [-0.05, 0) is 24.6 Å². The van der Waals surface area contributed by atoms with E-state index in [2.05, 4.69) is 25.5 Å². The summed E-state index contributed by atoms with van der Waals surface area (Å²) in [4.78, 5) is 8.50. The molecule has 4 rings (SSSR count). The second-order valence-electron chi connectivity index (χ2n) is 6.12. The highest BCUT2D eigenvalue weighted by molar-refractivity contribution is 5.74. The maximum Gasteiger partial charge on any atom is 0.170 e. The quantitative estimate of drug-likeness (QED) is 0.502. The zero-order valence-corrected chi connectivity index (χ0v) is 14.3. The van der Waals surface area contributed by atoms with Crippen LogP contribution in [0.4, 0.5) is 20.4 Å². The second-order valence-corrected chi connectivity index (χ2v) is 6.12. The van der Waals surface area contributed by atoms with Gasteiger partial charge in [0, 0.05) is 17.8 Å². The molecule has 138 valence electrons. The summed E-state index contributed by atoms with van der Waals surface area (Å²) >= 11 is 0. The minimum Gasteiger partial charge on any atom is -0.394 e. The highest BCUT2D eigenvalue weighted by atomic mass is 19.1.